The van der Waals surface area contributed by atoms with Crippen LogP contribution < -0.4 is 0 Å². The van der Waals surface area contributed by atoms with E-state index in [0.717, 1.165) is 6.42 Å². The van der Waals surface area contributed by atoms with Crippen LogP contribution in [0.15, 0.2) is 48.5 Å². The molecule has 0 amide bonds. The molecule has 3 rings (SSSR count). The van der Waals surface area contributed by atoms with Gasteiger partial charge in [0.2, 0.25) is 0 Å². The van der Waals surface area contributed by atoms with E-state index in [0.29, 0.717) is 23.3 Å². The van der Waals surface area contributed by atoms with Gasteiger partial charge in [-0.3, -0.25) is 0 Å². The van der Waals surface area contributed by atoms with Crippen molar-refractivity contribution < 1.29 is 10.2 Å². The molecule has 0 saturated heterocycles. The van der Waals surface area contributed by atoms with Crippen LogP contribution in [0.25, 0.3) is 0 Å². The van der Waals surface area contributed by atoms with Crippen molar-refractivity contribution in [3.63, 3.8) is 0 Å². The number of hydrogen-bond acceptors (Lipinski definition) is 2. The van der Waals surface area contributed by atoms with Gasteiger partial charge in [0.25, 0.3) is 0 Å². The van der Waals surface area contributed by atoms with Crippen molar-refractivity contribution in [3.8, 4) is 11.5 Å². The van der Waals surface area contributed by atoms with Crippen molar-refractivity contribution in [3.05, 3.63) is 59.7 Å². The summed E-state index contributed by atoms with van der Waals surface area (Å²) in [6, 6.07) is 14.9. The Morgan fingerprint density at radius 1 is 0.647 bits per heavy atom. The zero-order valence-electron chi connectivity index (χ0n) is 9.38. The lowest BCUT2D eigenvalue weighted by atomic mass is 10.0. The van der Waals surface area contributed by atoms with E-state index in [-0.39, 0.29) is 0 Å². The fourth-order valence-electron chi connectivity index (χ4n) is 2.37. The van der Waals surface area contributed by atoms with Crippen molar-refractivity contribution in [1.82, 2.24) is 0 Å². The Morgan fingerprint density at radius 2 is 1.00 bits per heavy atom. The third kappa shape index (κ3) is 1.98. The standard InChI is InChI=1S/C15H14O2/c16-12-5-1-10(2-6-12)14-9-15(14)11-3-7-13(17)8-4-11/h1-8,14-17H,9H2. The zero-order chi connectivity index (χ0) is 11.8. The molecule has 86 valence electrons. The molecule has 1 aliphatic rings. The van der Waals surface area contributed by atoms with E-state index in [9.17, 15) is 10.2 Å². The Bertz CT molecular complexity index is 464. The lowest BCUT2D eigenvalue weighted by Gasteiger charge is -2.02. The van der Waals surface area contributed by atoms with E-state index in [1.54, 1.807) is 24.3 Å². The van der Waals surface area contributed by atoms with Crippen LogP contribution in [0.1, 0.15) is 29.4 Å². The molecule has 0 aromatic heterocycles. The molecule has 2 aromatic rings. The third-order valence-corrected chi connectivity index (χ3v) is 3.43. The fraction of sp³-hybridized carbons (Fsp3) is 0.200. The van der Waals surface area contributed by atoms with Gasteiger partial charge in [-0.05, 0) is 53.6 Å². The molecule has 2 N–H and O–H groups in total. The van der Waals surface area contributed by atoms with Crippen molar-refractivity contribution in [2.45, 2.75) is 18.3 Å². The monoisotopic (exact) mass is 226 g/mol. The number of benzene rings is 2. The summed E-state index contributed by atoms with van der Waals surface area (Å²) in [6.45, 7) is 0. The topological polar surface area (TPSA) is 40.5 Å². The van der Waals surface area contributed by atoms with Crippen LogP contribution in [0.5, 0.6) is 11.5 Å². The minimum atomic E-state index is 0.315. The second-order valence-corrected chi connectivity index (χ2v) is 4.63. The molecule has 0 heterocycles. The van der Waals surface area contributed by atoms with Crippen molar-refractivity contribution in [2.24, 2.45) is 0 Å². The maximum Gasteiger partial charge on any atom is 0.115 e. The fourth-order valence-corrected chi connectivity index (χ4v) is 2.37. The first-order valence-corrected chi connectivity index (χ1v) is 5.82. The van der Waals surface area contributed by atoms with Crippen LogP contribution in [-0.4, -0.2) is 10.2 Å². The van der Waals surface area contributed by atoms with Crippen molar-refractivity contribution in [1.29, 1.82) is 0 Å². The van der Waals surface area contributed by atoms with Gasteiger partial charge >= 0.3 is 0 Å². The molecular formula is C15H14O2. The van der Waals surface area contributed by atoms with E-state index in [2.05, 4.69) is 0 Å². The summed E-state index contributed by atoms with van der Waals surface area (Å²) in [7, 11) is 0. The molecule has 2 unspecified atom stereocenters. The van der Waals surface area contributed by atoms with Gasteiger partial charge in [-0.25, -0.2) is 0 Å². The molecule has 1 fully saturated rings. The molecular weight excluding hydrogens is 212 g/mol. The first-order chi connectivity index (χ1) is 8.24. The Morgan fingerprint density at radius 3 is 1.35 bits per heavy atom. The summed E-state index contributed by atoms with van der Waals surface area (Å²) in [5.74, 6) is 1.74. The van der Waals surface area contributed by atoms with Crippen LogP contribution >= 0.6 is 0 Å². The normalized spacial score (nSPS) is 22.4. The van der Waals surface area contributed by atoms with Gasteiger partial charge in [-0.15, -0.1) is 0 Å². The minimum Gasteiger partial charge on any atom is -0.508 e. The summed E-state index contributed by atoms with van der Waals surface area (Å²) >= 11 is 0. The van der Waals surface area contributed by atoms with Crippen molar-refractivity contribution in [2.75, 3.05) is 0 Å². The molecule has 2 nitrogen and oxygen atoms in total. The smallest absolute Gasteiger partial charge is 0.115 e. The van der Waals surface area contributed by atoms with Crippen LogP contribution in [0.2, 0.25) is 0 Å². The molecule has 2 heteroatoms. The Hall–Kier alpha value is -1.96. The van der Waals surface area contributed by atoms with Gasteiger partial charge in [0.15, 0.2) is 0 Å². The molecule has 1 saturated carbocycles. The number of phenolic OH excluding ortho intramolecular Hbond substituents is 2. The average Bonchev–Trinajstić information content (AvgIpc) is 3.11. The molecule has 2 aromatic carbocycles. The predicted octanol–water partition coefficient (Wildman–Crippen LogP) is 3.37. The molecule has 0 bridgehead atoms. The van der Waals surface area contributed by atoms with E-state index in [4.69, 9.17) is 0 Å². The highest BCUT2D eigenvalue weighted by Crippen LogP contribution is 2.54. The summed E-state index contributed by atoms with van der Waals surface area (Å²) in [5, 5.41) is 18.5. The molecule has 2 atom stereocenters. The zero-order valence-corrected chi connectivity index (χ0v) is 9.38. The molecule has 1 aliphatic carbocycles. The molecule has 0 radical (unpaired) electrons. The minimum absolute atomic E-state index is 0.315. The van der Waals surface area contributed by atoms with E-state index >= 15 is 0 Å². The summed E-state index contributed by atoms with van der Waals surface area (Å²) in [6.07, 6.45) is 1.15. The highest BCUT2D eigenvalue weighted by Gasteiger charge is 2.39. The van der Waals surface area contributed by atoms with Gasteiger partial charge in [0.05, 0.1) is 0 Å². The van der Waals surface area contributed by atoms with Gasteiger partial charge in [0.1, 0.15) is 11.5 Å². The maximum atomic E-state index is 9.24. The number of aromatic hydroxyl groups is 2. The van der Waals surface area contributed by atoms with Gasteiger partial charge in [0, 0.05) is 0 Å². The lowest BCUT2D eigenvalue weighted by Crippen LogP contribution is -1.83. The van der Waals surface area contributed by atoms with Gasteiger partial charge < -0.3 is 10.2 Å². The first-order valence-electron chi connectivity index (χ1n) is 5.82. The maximum absolute atomic E-state index is 9.24. The van der Waals surface area contributed by atoms with E-state index in [1.165, 1.54) is 11.1 Å². The summed E-state index contributed by atoms with van der Waals surface area (Å²) < 4.78 is 0. The molecule has 0 aliphatic heterocycles. The average molecular weight is 226 g/mol. The Balaban J connectivity index is 1.78. The van der Waals surface area contributed by atoms with E-state index < -0.39 is 0 Å². The number of hydrogen-bond donors (Lipinski definition) is 2. The summed E-state index contributed by atoms with van der Waals surface area (Å²) in [5.41, 5.74) is 2.56. The van der Waals surface area contributed by atoms with Crippen LogP contribution in [0.4, 0.5) is 0 Å². The first kappa shape index (κ1) is 10.2. The Labute approximate surface area is 100 Å². The third-order valence-electron chi connectivity index (χ3n) is 3.43. The van der Waals surface area contributed by atoms with Gasteiger partial charge in [-0.2, -0.15) is 0 Å². The highest BCUT2D eigenvalue weighted by atomic mass is 16.3. The van der Waals surface area contributed by atoms with E-state index in [1.807, 2.05) is 24.3 Å². The predicted molar refractivity (Wildman–Crippen MR) is 66.3 cm³/mol. The largest absolute Gasteiger partial charge is 0.508 e. The molecule has 17 heavy (non-hydrogen) atoms. The Kier molecular flexibility index (Phi) is 2.29. The van der Waals surface area contributed by atoms with Crippen LogP contribution in [0.3, 0.4) is 0 Å². The van der Waals surface area contributed by atoms with Crippen LogP contribution in [0, 0.1) is 0 Å². The number of phenols is 2. The SMILES string of the molecule is Oc1ccc(C2CC2c2ccc(O)cc2)cc1. The second kappa shape index (κ2) is 3.81. The molecule has 0 spiro atoms. The second-order valence-electron chi connectivity index (χ2n) is 4.63. The summed E-state index contributed by atoms with van der Waals surface area (Å²) in [4.78, 5) is 0. The van der Waals surface area contributed by atoms with Gasteiger partial charge in [-0.1, -0.05) is 24.3 Å². The quantitative estimate of drug-likeness (QED) is 0.824. The lowest BCUT2D eigenvalue weighted by molar-refractivity contribution is 0.474. The van der Waals surface area contributed by atoms with Crippen molar-refractivity contribution >= 4 is 0 Å². The van der Waals surface area contributed by atoms with Crippen LogP contribution in [-0.2, 0) is 0 Å². The highest BCUT2D eigenvalue weighted by molar-refractivity contribution is 5.39. The number of rotatable bonds is 2.